The van der Waals surface area contributed by atoms with Gasteiger partial charge in [-0.3, -0.25) is 9.78 Å². The largest absolute Gasteiger partial charge is 0.506 e. The summed E-state index contributed by atoms with van der Waals surface area (Å²) in [6.07, 6.45) is 3.19. The van der Waals surface area contributed by atoms with E-state index in [0.29, 0.717) is 5.56 Å². The molecule has 6 nitrogen and oxygen atoms in total. The van der Waals surface area contributed by atoms with Gasteiger partial charge in [0.1, 0.15) is 11.5 Å². The van der Waals surface area contributed by atoms with Crippen molar-refractivity contribution in [1.29, 1.82) is 0 Å². The van der Waals surface area contributed by atoms with Crippen molar-refractivity contribution in [2.45, 2.75) is 0 Å². The van der Waals surface area contributed by atoms with E-state index >= 15 is 0 Å². The number of pyridine rings is 1. The van der Waals surface area contributed by atoms with Crippen LogP contribution in [-0.4, -0.2) is 29.3 Å². The monoisotopic (exact) mass is 381 g/mol. The molecule has 0 radical (unpaired) electrons. The minimum atomic E-state index is -0.433. The molecule has 3 rings (SSSR count). The average Bonchev–Trinajstić information content (AvgIpc) is 2.70. The van der Waals surface area contributed by atoms with Crippen LogP contribution < -0.4 is 10.2 Å². The Morgan fingerprint density at radius 1 is 1.19 bits per heavy atom. The molecule has 3 aromatic rings. The van der Waals surface area contributed by atoms with Crippen molar-refractivity contribution in [3.63, 3.8) is 0 Å². The normalized spacial score (nSPS) is 10.7. The number of carbonyl (C=O) groups excluding carboxylic acids is 1. The van der Waals surface area contributed by atoms with Crippen LogP contribution in [0.4, 0.5) is 0 Å². The zero-order valence-corrected chi connectivity index (χ0v) is 15.1. The number of nitrogens with zero attached hydrogens (tertiary/aromatic N) is 2. The number of phenols is 1. The number of halogens is 1. The minimum absolute atomic E-state index is 0.0837. The summed E-state index contributed by atoms with van der Waals surface area (Å²) in [6.45, 7) is 0. The zero-order valence-electron chi connectivity index (χ0n) is 14.4. The molecular formula is C20H16ClN3O3. The Morgan fingerprint density at radius 2 is 1.96 bits per heavy atom. The highest BCUT2D eigenvalue weighted by molar-refractivity contribution is 6.32. The fourth-order valence-corrected chi connectivity index (χ4v) is 2.51. The third kappa shape index (κ3) is 4.62. The lowest BCUT2D eigenvalue weighted by molar-refractivity contribution is 0.0955. The topological polar surface area (TPSA) is 83.8 Å². The highest BCUT2D eigenvalue weighted by atomic mass is 35.5. The molecule has 0 aliphatic heterocycles. The van der Waals surface area contributed by atoms with Crippen LogP contribution in [0.2, 0.25) is 5.02 Å². The number of phenolic OH excluding ortho intramolecular Hbond substituents is 1. The number of rotatable bonds is 5. The maximum Gasteiger partial charge on any atom is 0.271 e. The molecule has 2 aromatic carbocycles. The molecule has 7 heteroatoms. The van der Waals surface area contributed by atoms with Gasteiger partial charge in [0.25, 0.3) is 5.91 Å². The van der Waals surface area contributed by atoms with Gasteiger partial charge in [-0.25, -0.2) is 5.43 Å². The molecule has 0 aliphatic carbocycles. The number of aromatic nitrogens is 1. The second-order valence-corrected chi connectivity index (χ2v) is 5.98. The van der Waals surface area contributed by atoms with E-state index in [1.165, 1.54) is 24.4 Å². The van der Waals surface area contributed by atoms with E-state index in [1.807, 2.05) is 30.3 Å². The number of hydrogen-bond acceptors (Lipinski definition) is 5. The van der Waals surface area contributed by atoms with E-state index in [2.05, 4.69) is 15.5 Å². The number of aromatic hydroxyl groups is 1. The Morgan fingerprint density at radius 3 is 2.67 bits per heavy atom. The number of amides is 1. The zero-order chi connectivity index (χ0) is 19.2. The lowest BCUT2D eigenvalue weighted by Gasteiger charge is -2.04. The number of ether oxygens (including phenoxy) is 1. The van der Waals surface area contributed by atoms with Gasteiger partial charge in [0, 0.05) is 17.3 Å². The molecule has 0 aliphatic rings. The average molecular weight is 382 g/mol. The summed E-state index contributed by atoms with van der Waals surface area (Å²) >= 11 is 5.80. The molecule has 136 valence electrons. The number of benzene rings is 2. The summed E-state index contributed by atoms with van der Waals surface area (Å²) in [4.78, 5) is 16.4. The quantitative estimate of drug-likeness (QED) is 0.519. The molecule has 0 unspecified atom stereocenters. The molecule has 1 heterocycles. The van der Waals surface area contributed by atoms with Gasteiger partial charge in [-0.05, 0) is 60.2 Å². The maximum atomic E-state index is 12.1. The van der Waals surface area contributed by atoms with Crippen molar-refractivity contribution in [3.8, 4) is 22.8 Å². The summed E-state index contributed by atoms with van der Waals surface area (Å²) < 4.78 is 5.15. The molecular weight excluding hydrogens is 366 g/mol. The summed E-state index contributed by atoms with van der Waals surface area (Å²) in [5.41, 5.74) is 5.21. The molecule has 0 saturated carbocycles. The minimum Gasteiger partial charge on any atom is -0.506 e. The van der Waals surface area contributed by atoms with Gasteiger partial charge in [0.05, 0.1) is 24.0 Å². The Bertz CT molecular complexity index is 988. The first-order valence-electron chi connectivity index (χ1n) is 7.99. The first-order chi connectivity index (χ1) is 13.1. The van der Waals surface area contributed by atoms with E-state index in [-0.39, 0.29) is 10.8 Å². The molecule has 2 N–H and O–H groups in total. The highest BCUT2D eigenvalue weighted by Crippen LogP contribution is 2.23. The van der Waals surface area contributed by atoms with Crippen LogP contribution in [-0.2, 0) is 0 Å². The number of carbonyl (C=O) groups is 1. The first kappa shape index (κ1) is 18.4. The van der Waals surface area contributed by atoms with Crippen molar-refractivity contribution in [2.75, 3.05) is 7.11 Å². The van der Waals surface area contributed by atoms with Crippen LogP contribution in [0.25, 0.3) is 11.3 Å². The van der Waals surface area contributed by atoms with Crippen molar-refractivity contribution in [1.82, 2.24) is 10.4 Å². The maximum absolute atomic E-state index is 12.1. The fourth-order valence-electron chi connectivity index (χ4n) is 2.32. The lowest BCUT2D eigenvalue weighted by Crippen LogP contribution is -2.17. The van der Waals surface area contributed by atoms with Gasteiger partial charge in [0.15, 0.2) is 0 Å². The van der Waals surface area contributed by atoms with Gasteiger partial charge >= 0.3 is 0 Å². The molecule has 0 saturated heterocycles. The highest BCUT2D eigenvalue weighted by Gasteiger charge is 2.07. The Labute approximate surface area is 161 Å². The molecule has 0 atom stereocenters. The van der Waals surface area contributed by atoms with Crippen molar-refractivity contribution in [3.05, 3.63) is 76.9 Å². The lowest BCUT2D eigenvalue weighted by atomic mass is 10.1. The Balaban J connectivity index is 1.69. The molecule has 27 heavy (non-hydrogen) atoms. The van der Waals surface area contributed by atoms with Crippen LogP contribution >= 0.6 is 11.6 Å². The molecule has 1 amide bonds. The van der Waals surface area contributed by atoms with Gasteiger partial charge in [-0.2, -0.15) is 5.10 Å². The standard InChI is InChI=1S/C20H16ClN3O3/c1-27-16-5-2-14(3-6-16)18-10-13(8-9-22-18)12-23-24-20(26)15-4-7-19(25)17(21)11-15/h2-12,25H,1H3,(H,24,26). The number of methoxy groups -OCH3 is 1. The fraction of sp³-hybridized carbons (Fsp3) is 0.0500. The van der Waals surface area contributed by atoms with E-state index in [4.69, 9.17) is 16.3 Å². The van der Waals surface area contributed by atoms with Gasteiger partial charge in [-0.1, -0.05) is 11.6 Å². The van der Waals surface area contributed by atoms with Gasteiger partial charge in [-0.15, -0.1) is 0 Å². The second-order valence-electron chi connectivity index (χ2n) is 5.57. The predicted molar refractivity (Wildman–Crippen MR) is 104 cm³/mol. The number of hydrogen-bond donors (Lipinski definition) is 2. The van der Waals surface area contributed by atoms with Crippen molar-refractivity contribution < 1.29 is 14.6 Å². The van der Waals surface area contributed by atoms with Gasteiger partial charge in [0.2, 0.25) is 0 Å². The molecule has 0 spiro atoms. The summed E-state index contributed by atoms with van der Waals surface area (Å²) in [6, 6.07) is 15.4. The Kier molecular flexibility index (Phi) is 5.68. The SMILES string of the molecule is COc1ccc(-c2cc(C=NNC(=O)c3ccc(O)c(Cl)c3)ccn2)cc1. The van der Waals surface area contributed by atoms with E-state index in [0.717, 1.165) is 22.6 Å². The first-order valence-corrected chi connectivity index (χ1v) is 8.37. The number of hydrazone groups is 1. The van der Waals surface area contributed by atoms with Crippen molar-refractivity contribution >= 4 is 23.7 Å². The third-order valence-corrected chi connectivity index (χ3v) is 4.06. The summed E-state index contributed by atoms with van der Waals surface area (Å²) in [5, 5.41) is 13.4. The van der Waals surface area contributed by atoms with Crippen LogP contribution in [0.1, 0.15) is 15.9 Å². The van der Waals surface area contributed by atoms with E-state index < -0.39 is 5.91 Å². The molecule has 0 bridgehead atoms. The Hall–Kier alpha value is -3.38. The predicted octanol–water partition coefficient (Wildman–Crippen LogP) is 3.88. The smallest absolute Gasteiger partial charge is 0.271 e. The summed E-state index contributed by atoms with van der Waals surface area (Å²) in [5.74, 6) is 0.255. The van der Waals surface area contributed by atoms with Crippen LogP contribution in [0.15, 0.2) is 65.9 Å². The van der Waals surface area contributed by atoms with Crippen LogP contribution in [0.3, 0.4) is 0 Å². The van der Waals surface area contributed by atoms with Gasteiger partial charge < -0.3 is 9.84 Å². The van der Waals surface area contributed by atoms with Crippen molar-refractivity contribution in [2.24, 2.45) is 5.10 Å². The second kappa shape index (κ2) is 8.33. The van der Waals surface area contributed by atoms with E-state index in [1.54, 1.807) is 19.4 Å². The molecule has 1 aromatic heterocycles. The van der Waals surface area contributed by atoms with Crippen LogP contribution in [0.5, 0.6) is 11.5 Å². The third-order valence-electron chi connectivity index (χ3n) is 3.76. The van der Waals surface area contributed by atoms with E-state index in [9.17, 15) is 9.90 Å². The van der Waals surface area contributed by atoms with Crippen LogP contribution in [0, 0.1) is 0 Å². The molecule has 0 fully saturated rings. The number of nitrogens with one attached hydrogen (secondary N) is 1. The summed E-state index contributed by atoms with van der Waals surface area (Å²) in [7, 11) is 1.62.